The Morgan fingerprint density at radius 1 is 1.36 bits per heavy atom. The van der Waals surface area contributed by atoms with Crippen molar-refractivity contribution in [3.63, 3.8) is 0 Å². The molecule has 3 heteroatoms. The molecule has 1 aromatic heterocycles. The maximum Gasteiger partial charge on any atom is 0.113 e. The van der Waals surface area contributed by atoms with Crippen molar-refractivity contribution >= 4 is 11.3 Å². The predicted molar refractivity (Wildman–Crippen MR) is 58.4 cm³/mol. The number of aromatic nitrogens is 1. The van der Waals surface area contributed by atoms with Crippen LogP contribution in [0.15, 0.2) is 11.6 Å². The molecule has 0 aliphatic heterocycles. The summed E-state index contributed by atoms with van der Waals surface area (Å²) in [5, 5.41) is 7.24. The molecule has 0 atom stereocenters. The van der Waals surface area contributed by atoms with Gasteiger partial charge >= 0.3 is 0 Å². The van der Waals surface area contributed by atoms with Crippen molar-refractivity contribution in [1.82, 2.24) is 10.3 Å². The van der Waals surface area contributed by atoms with Crippen LogP contribution in [0.25, 0.3) is 0 Å². The van der Waals surface area contributed by atoms with E-state index in [1.807, 2.05) is 17.5 Å². The standard InChI is InChI=1S/C11H16N2S/c1-2-6-11(5-1,13-9-3-4-9)10-12-7-8-14-10/h7-9,13H,1-6H2. The Bertz CT molecular complexity index is 297. The molecule has 76 valence electrons. The third kappa shape index (κ3) is 1.48. The monoisotopic (exact) mass is 208 g/mol. The molecule has 2 nitrogen and oxygen atoms in total. The quantitative estimate of drug-likeness (QED) is 0.826. The second kappa shape index (κ2) is 3.31. The van der Waals surface area contributed by atoms with E-state index >= 15 is 0 Å². The first-order valence-electron chi connectivity index (χ1n) is 5.57. The van der Waals surface area contributed by atoms with Crippen LogP contribution < -0.4 is 5.32 Å². The molecule has 0 aromatic carbocycles. The van der Waals surface area contributed by atoms with Gasteiger partial charge in [0.2, 0.25) is 0 Å². The van der Waals surface area contributed by atoms with Crippen LogP contribution in [0.2, 0.25) is 0 Å². The van der Waals surface area contributed by atoms with Gasteiger partial charge in [-0.15, -0.1) is 11.3 Å². The van der Waals surface area contributed by atoms with E-state index in [9.17, 15) is 0 Å². The molecule has 2 aliphatic rings. The van der Waals surface area contributed by atoms with E-state index in [2.05, 4.69) is 15.7 Å². The third-order valence-electron chi connectivity index (χ3n) is 3.36. The van der Waals surface area contributed by atoms with Crippen molar-refractivity contribution in [3.05, 3.63) is 16.6 Å². The van der Waals surface area contributed by atoms with Gasteiger partial charge in [0.1, 0.15) is 5.01 Å². The van der Waals surface area contributed by atoms with Gasteiger partial charge in [0, 0.05) is 17.6 Å². The highest BCUT2D eigenvalue weighted by Crippen LogP contribution is 2.41. The van der Waals surface area contributed by atoms with Gasteiger partial charge in [-0.1, -0.05) is 12.8 Å². The molecule has 2 aliphatic carbocycles. The Morgan fingerprint density at radius 3 is 2.71 bits per heavy atom. The summed E-state index contributed by atoms with van der Waals surface area (Å²) < 4.78 is 0. The zero-order valence-electron chi connectivity index (χ0n) is 8.33. The first kappa shape index (κ1) is 8.86. The number of nitrogens with one attached hydrogen (secondary N) is 1. The molecule has 1 N–H and O–H groups in total. The lowest BCUT2D eigenvalue weighted by Crippen LogP contribution is -2.41. The van der Waals surface area contributed by atoms with E-state index in [-0.39, 0.29) is 5.54 Å². The van der Waals surface area contributed by atoms with Crippen LogP contribution in [-0.4, -0.2) is 11.0 Å². The van der Waals surface area contributed by atoms with Crippen molar-refractivity contribution < 1.29 is 0 Å². The number of hydrogen-bond acceptors (Lipinski definition) is 3. The highest BCUT2D eigenvalue weighted by atomic mass is 32.1. The van der Waals surface area contributed by atoms with Crippen LogP contribution in [0.4, 0.5) is 0 Å². The minimum atomic E-state index is 0.259. The summed E-state index contributed by atoms with van der Waals surface area (Å²) in [6, 6.07) is 0.789. The summed E-state index contributed by atoms with van der Waals surface area (Å²) in [7, 11) is 0. The van der Waals surface area contributed by atoms with Gasteiger partial charge in [-0.05, 0) is 25.7 Å². The Labute approximate surface area is 88.7 Å². The Hall–Kier alpha value is -0.410. The molecule has 2 fully saturated rings. The van der Waals surface area contributed by atoms with Crippen molar-refractivity contribution in [2.24, 2.45) is 0 Å². The molecule has 3 rings (SSSR count). The highest BCUT2D eigenvalue weighted by molar-refractivity contribution is 7.09. The van der Waals surface area contributed by atoms with E-state index in [0.717, 1.165) is 6.04 Å². The maximum atomic E-state index is 4.51. The second-order valence-corrected chi connectivity index (χ2v) is 5.44. The van der Waals surface area contributed by atoms with Crippen LogP contribution in [0.1, 0.15) is 43.5 Å². The van der Waals surface area contributed by atoms with Crippen molar-refractivity contribution in [2.45, 2.75) is 50.1 Å². The van der Waals surface area contributed by atoms with Gasteiger partial charge in [-0.2, -0.15) is 0 Å². The van der Waals surface area contributed by atoms with E-state index in [4.69, 9.17) is 0 Å². The largest absolute Gasteiger partial charge is 0.303 e. The fraction of sp³-hybridized carbons (Fsp3) is 0.727. The molecule has 0 saturated heterocycles. The fourth-order valence-corrected chi connectivity index (χ4v) is 3.34. The number of hydrogen-bond donors (Lipinski definition) is 1. The normalized spacial score (nSPS) is 25.4. The summed E-state index contributed by atoms with van der Waals surface area (Å²) in [6.07, 6.45) is 9.97. The Balaban J connectivity index is 1.86. The van der Waals surface area contributed by atoms with Crippen molar-refractivity contribution in [3.8, 4) is 0 Å². The summed E-state index contributed by atoms with van der Waals surface area (Å²) in [4.78, 5) is 4.51. The second-order valence-electron chi connectivity index (χ2n) is 4.55. The topological polar surface area (TPSA) is 24.9 Å². The first-order chi connectivity index (χ1) is 6.89. The van der Waals surface area contributed by atoms with Gasteiger partial charge in [-0.3, -0.25) is 0 Å². The Kier molecular flexibility index (Phi) is 2.10. The average molecular weight is 208 g/mol. The average Bonchev–Trinajstić information content (AvgIpc) is 2.74. The molecule has 14 heavy (non-hydrogen) atoms. The zero-order valence-corrected chi connectivity index (χ0v) is 9.15. The maximum absolute atomic E-state index is 4.51. The number of thiazole rings is 1. The van der Waals surface area contributed by atoms with Crippen LogP contribution >= 0.6 is 11.3 Å². The minimum Gasteiger partial charge on any atom is -0.303 e. The fourth-order valence-electron chi connectivity index (χ4n) is 2.48. The van der Waals surface area contributed by atoms with Gasteiger partial charge in [0.25, 0.3) is 0 Å². The molecule has 0 unspecified atom stereocenters. The van der Waals surface area contributed by atoms with Gasteiger partial charge in [0.05, 0.1) is 5.54 Å². The Morgan fingerprint density at radius 2 is 2.14 bits per heavy atom. The minimum absolute atomic E-state index is 0.259. The molecule has 0 bridgehead atoms. The summed E-state index contributed by atoms with van der Waals surface area (Å²) in [5.41, 5.74) is 0.259. The van der Waals surface area contributed by atoms with Crippen LogP contribution in [0.5, 0.6) is 0 Å². The third-order valence-corrected chi connectivity index (χ3v) is 4.33. The van der Waals surface area contributed by atoms with Crippen LogP contribution in [0, 0.1) is 0 Å². The molecular weight excluding hydrogens is 192 g/mol. The van der Waals surface area contributed by atoms with Crippen molar-refractivity contribution in [2.75, 3.05) is 0 Å². The van der Waals surface area contributed by atoms with E-state index in [0.29, 0.717) is 0 Å². The van der Waals surface area contributed by atoms with Crippen LogP contribution in [0.3, 0.4) is 0 Å². The summed E-state index contributed by atoms with van der Waals surface area (Å²) >= 11 is 1.82. The van der Waals surface area contributed by atoms with Gasteiger partial charge in [-0.25, -0.2) is 4.98 Å². The first-order valence-corrected chi connectivity index (χ1v) is 6.45. The van der Waals surface area contributed by atoms with Crippen LogP contribution in [-0.2, 0) is 5.54 Å². The molecule has 1 heterocycles. The molecule has 1 aromatic rings. The van der Waals surface area contributed by atoms with Gasteiger partial charge in [0.15, 0.2) is 0 Å². The zero-order chi connectivity index (χ0) is 9.43. The lowest BCUT2D eigenvalue weighted by atomic mass is 9.98. The molecular formula is C11H16N2S. The van der Waals surface area contributed by atoms with E-state index in [1.165, 1.54) is 43.5 Å². The molecule has 0 radical (unpaired) electrons. The SMILES string of the molecule is c1csc(C2(NC3CC3)CCCC2)n1. The summed E-state index contributed by atoms with van der Waals surface area (Å²) in [6.45, 7) is 0. The molecule has 0 amide bonds. The van der Waals surface area contributed by atoms with Gasteiger partial charge < -0.3 is 5.32 Å². The lowest BCUT2D eigenvalue weighted by Gasteiger charge is -2.28. The van der Waals surface area contributed by atoms with E-state index < -0.39 is 0 Å². The van der Waals surface area contributed by atoms with E-state index in [1.54, 1.807) is 0 Å². The lowest BCUT2D eigenvalue weighted by molar-refractivity contribution is 0.336. The summed E-state index contributed by atoms with van der Waals surface area (Å²) in [5.74, 6) is 0. The predicted octanol–water partition coefficient (Wildman–Crippen LogP) is 2.66. The molecule has 0 spiro atoms. The highest BCUT2D eigenvalue weighted by Gasteiger charge is 2.41. The van der Waals surface area contributed by atoms with Crippen molar-refractivity contribution in [1.29, 1.82) is 0 Å². The number of nitrogens with zero attached hydrogens (tertiary/aromatic N) is 1. The molecule has 2 saturated carbocycles. The smallest absolute Gasteiger partial charge is 0.113 e. The number of rotatable bonds is 3.